The molecule has 1 unspecified atom stereocenters. The maximum atomic E-state index is 12.3. The highest BCUT2D eigenvalue weighted by Crippen LogP contribution is 2.70. The Hall–Kier alpha value is -0.730. The van der Waals surface area contributed by atoms with Gasteiger partial charge in [0.1, 0.15) is 11.7 Å². The molecule has 0 aromatic carbocycles. The molecule has 4 rings (SSSR count). The SMILES string of the molecule is CCC(=O)OC1[C@H]2CC[C@@H]3[C@]1(C[C@@H](O)[C@@]1(O)[C@@H](C[C@H](O)C1(C)C)[C@]3(C)O)C[C@@]2(C)O. The fraction of sp³-hybridized carbons (Fsp3) is 0.957. The molecular formula is C23H38O7. The van der Waals surface area contributed by atoms with Crippen molar-refractivity contribution >= 4 is 5.97 Å². The third-order valence-electron chi connectivity index (χ3n) is 9.77. The molecule has 4 fully saturated rings. The number of fused-ring (bicyclic) bond motifs is 2. The third-order valence-corrected chi connectivity index (χ3v) is 9.77. The summed E-state index contributed by atoms with van der Waals surface area (Å²) >= 11 is 0. The second kappa shape index (κ2) is 6.41. The summed E-state index contributed by atoms with van der Waals surface area (Å²) in [6.07, 6.45) is -0.762. The van der Waals surface area contributed by atoms with Crippen molar-refractivity contribution < 1.29 is 35.1 Å². The van der Waals surface area contributed by atoms with E-state index in [1.165, 1.54) is 0 Å². The van der Waals surface area contributed by atoms with E-state index in [0.717, 1.165) is 0 Å². The molecule has 0 aromatic rings. The lowest BCUT2D eigenvalue weighted by Gasteiger charge is -2.52. The molecule has 0 aliphatic heterocycles. The Labute approximate surface area is 178 Å². The molecule has 0 radical (unpaired) electrons. The lowest BCUT2D eigenvalue weighted by molar-refractivity contribution is -0.202. The van der Waals surface area contributed by atoms with E-state index in [0.29, 0.717) is 12.8 Å². The monoisotopic (exact) mass is 426 g/mol. The highest BCUT2D eigenvalue weighted by molar-refractivity contribution is 5.69. The maximum absolute atomic E-state index is 12.3. The summed E-state index contributed by atoms with van der Waals surface area (Å²) in [7, 11) is 0. The van der Waals surface area contributed by atoms with Crippen LogP contribution >= 0.6 is 0 Å². The second-order valence-electron chi connectivity index (χ2n) is 11.6. The van der Waals surface area contributed by atoms with Gasteiger partial charge in [-0.2, -0.15) is 0 Å². The minimum absolute atomic E-state index is 0.102. The second-order valence-corrected chi connectivity index (χ2v) is 11.6. The molecule has 7 heteroatoms. The molecule has 0 aromatic heterocycles. The summed E-state index contributed by atoms with van der Waals surface area (Å²) < 4.78 is 5.90. The topological polar surface area (TPSA) is 127 Å². The zero-order valence-electron chi connectivity index (χ0n) is 18.8. The molecule has 1 spiro atoms. The summed E-state index contributed by atoms with van der Waals surface area (Å²) in [5.74, 6) is -1.77. The van der Waals surface area contributed by atoms with Crippen molar-refractivity contribution in [3.8, 4) is 0 Å². The Morgan fingerprint density at radius 2 is 1.63 bits per heavy atom. The van der Waals surface area contributed by atoms with Crippen LogP contribution in [0, 0.1) is 28.6 Å². The smallest absolute Gasteiger partial charge is 0.305 e. The Balaban J connectivity index is 1.88. The molecule has 0 amide bonds. The first-order valence-corrected chi connectivity index (χ1v) is 11.4. The van der Waals surface area contributed by atoms with E-state index in [1.807, 2.05) is 0 Å². The van der Waals surface area contributed by atoms with Gasteiger partial charge in [-0.15, -0.1) is 0 Å². The Kier molecular flexibility index (Phi) is 4.80. The van der Waals surface area contributed by atoms with Gasteiger partial charge in [0.25, 0.3) is 0 Å². The summed E-state index contributed by atoms with van der Waals surface area (Å²) in [5, 5.41) is 57.2. The van der Waals surface area contributed by atoms with Crippen LogP contribution in [0.4, 0.5) is 0 Å². The standard InChI is InChI=1S/C23H38O7/c1-6-17(26)30-18-12-7-8-13-21(5,28)14-9-15(24)19(2,3)23(14,29)16(25)10-22(13,18)11-20(12,4)27/h12-16,18,24-25,27-29H,6-11H2,1-5H3/t12-,13+,14+,15+,16-,18?,20-,21-,22+,23+/m1/s1. The molecular weight excluding hydrogens is 388 g/mol. The summed E-state index contributed by atoms with van der Waals surface area (Å²) in [6.45, 7) is 8.61. The molecule has 10 atom stereocenters. The average molecular weight is 427 g/mol. The van der Waals surface area contributed by atoms with Gasteiger partial charge in [0.2, 0.25) is 0 Å². The summed E-state index contributed by atoms with van der Waals surface area (Å²) in [5.41, 5.74) is -6.09. The fourth-order valence-corrected chi connectivity index (χ4v) is 8.19. The Bertz CT molecular complexity index is 731. The number of hydrogen-bond donors (Lipinski definition) is 5. The van der Waals surface area contributed by atoms with Crippen LogP contribution in [0.15, 0.2) is 0 Å². The van der Waals surface area contributed by atoms with Crippen LogP contribution in [0.2, 0.25) is 0 Å². The number of carbonyl (C=O) groups excluding carboxylic acids is 1. The molecule has 0 heterocycles. The Morgan fingerprint density at radius 3 is 2.23 bits per heavy atom. The van der Waals surface area contributed by atoms with Crippen LogP contribution in [0.3, 0.4) is 0 Å². The van der Waals surface area contributed by atoms with Gasteiger partial charge < -0.3 is 30.3 Å². The first-order chi connectivity index (χ1) is 13.7. The van der Waals surface area contributed by atoms with E-state index in [4.69, 9.17) is 4.74 Å². The van der Waals surface area contributed by atoms with E-state index < -0.39 is 51.9 Å². The maximum Gasteiger partial charge on any atom is 0.305 e. The summed E-state index contributed by atoms with van der Waals surface area (Å²) in [4.78, 5) is 12.3. The van der Waals surface area contributed by atoms with E-state index in [9.17, 15) is 30.3 Å². The first-order valence-electron chi connectivity index (χ1n) is 11.4. The lowest BCUT2D eigenvalue weighted by Crippen LogP contribution is -2.60. The van der Waals surface area contributed by atoms with Crippen molar-refractivity contribution in [2.45, 2.75) is 108 Å². The van der Waals surface area contributed by atoms with Crippen LogP contribution in [0.25, 0.3) is 0 Å². The molecule has 7 nitrogen and oxygen atoms in total. The molecule has 30 heavy (non-hydrogen) atoms. The van der Waals surface area contributed by atoms with Crippen LogP contribution in [0.1, 0.15) is 73.1 Å². The Morgan fingerprint density at radius 1 is 1.00 bits per heavy atom. The van der Waals surface area contributed by atoms with Crippen molar-refractivity contribution in [2.24, 2.45) is 28.6 Å². The zero-order valence-corrected chi connectivity index (χ0v) is 18.8. The van der Waals surface area contributed by atoms with Crippen LogP contribution in [0.5, 0.6) is 0 Å². The summed E-state index contributed by atoms with van der Waals surface area (Å²) in [6, 6.07) is 0. The van der Waals surface area contributed by atoms with Crippen molar-refractivity contribution in [1.29, 1.82) is 0 Å². The zero-order chi connectivity index (χ0) is 22.5. The quantitative estimate of drug-likeness (QED) is 0.419. The predicted molar refractivity (Wildman–Crippen MR) is 108 cm³/mol. The van der Waals surface area contributed by atoms with Crippen LogP contribution in [-0.4, -0.2) is 66.6 Å². The van der Waals surface area contributed by atoms with Crippen LogP contribution < -0.4 is 0 Å². The van der Waals surface area contributed by atoms with Crippen molar-refractivity contribution in [3.63, 3.8) is 0 Å². The molecule has 4 aliphatic carbocycles. The van der Waals surface area contributed by atoms with Gasteiger partial charge in [0.05, 0.1) is 23.4 Å². The van der Waals surface area contributed by atoms with Gasteiger partial charge in [0, 0.05) is 29.1 Å². The number of ether oxygens (including phenoxy) is 1. The minimum Gasteiger partial charge on any atom is -0.461 e. The van der Waals surface area contributed by atoms with E-state index in [2.05, 4.69) is 0 Å². The number of rotatable bonds is 2. The molecule has 5 N–H and O–H groups in total. The fourth-order valence-electron chi connectivity index (χ4n) is 8.19. The highest BCUT2D eigenvalue weighted by Gasteiger charge is 2.77. The van der Waals surface area contributed by atoms with E-state index >= 15 is 0 Å². The number of aliphatic hydroxyl groups is 5. The molecule has 4 saturated carbocycles. The van der Waals surface area contributed by atoms with Crippen molar-refractivity contribution in [2.75, 3.05) is 0 Å². The van der Waals surface area contributed by atoms with Gasteiger partial charge in [0.15, 0.2) is 0 Å². The van der Waals surface area contributed by atoms with E-state index in [-0.39, 0.29) is 43.5 Å². The largest absolute Gasteiger partial charge is 0.461 e. The minimum atomic E-state index is -1.70. The van der Waals surface area contributed by atoms with Gasteiger partial charge >= 0.3 is 5.97 Å². The normalized spacial score (nSPS) is 56.7. The van der Waals surface area contributed by atoms with E-state index in [1.54, 1.807) is 34.6 Å². The average Bonchev–Trinajstić information content (AvgIpc) is 2.87. The number of aliphatic hydroxyl groups excluding tert-OH is 2. The molecule has 2 bridgehead atoms. The third kappa shape index (κ3) is 2.53. The molecule has 172 valence electrons. The van der Waals surface area contributed by atoms with Gasteiger partial charge in [-0.1, -0.05) is 20.8 Å². The first kappa shape index (κ1) is 22.5. The molecule has 4 aliphatic rings. The van der Waals surface area contributed by atoms with Crippen LogP contribution in [-0.2, 0) is 9.53 Å². The van der Waals surface area contributed by atoms with Gasteiger partial charge in [-0.3, -0.25) is 4.79 Å². The number of hydrogen-bond acceptors (Lipinski definition) is 7. The number of carbonyl (C=O) groups is 1. The van der Waals surface area contributed by atoms with Gasteiger partial charge in [-0.05, 0) is 51.9 Å². The van der Waals surface area contributed by atoms with Gasteiger partial charge in [-0.25, -0.2) is 0 Å². The lowest BCUT2D eigenvalue weighted by atomic mass is 9.57. The highest BCUT2D eigenvalue weighted by atomic mass is 16.5. The predicted octanol–water partition coefficient (Wildman–Crippen LogP) is 1.13. The molecule has 0 saturated heterocycles. The van der Waals surface area contributed by atoms with Crippen molar-refractivity contribution in [3.05, 3.63) is 0 Å². The van der Waals surface area contributed by atoms with Crippen molar-refractivity contribution in [1.82, 2.24) is 0 Å². The number of esters is 1.